The van der Waals surface area contributed by atoms with Crippen LogP contribution in [0, 0.1) is 82.9 Å². The first-order chi connectivity index (χ1) is 28.3. The molecular weight excluding hydrogens is 745 g/mol. The summed E-state index contributed by atoms with van der Waals surface area (Å²) >= 11 is 0. The first-order valence-electron chi connectivity index (χ1n) is 23.4. The highest BCUT2D eigenvalue weighted by atomic mass is 16.6. The predicted octanol–water partition coefficient (Wildman–Crippen LogP) is 9.39. The molecule has 3 N–H and O–H groups in total. The van der Waals surface area contributed by atoms with E-state index in [2.05, 4.69) is 94.1 Å². The van der Waals surface area contributed by atoms with E-state index in [9.17, 15) is 19.8 Å². The second-order valence-electron chi connectivity index (χ2n) is 22.4. The lowest BCUT2D eigenvalue weighted by Crippen LogP contribution is -2.70. The van der Waals surface area contributed by atoms with Gasteiger partial charge in [-0.3, -0.25) is 9.59 Å². The van der Waals surface area contributed by atoms with Crippen LogP contribution in [0.1, 0.15) is 134 Å². The molecule has 4 heterocycles. The van der Waals surface area contributed by atoms with Gasteiger partial charge in [0.05, 0.1) is 28.8 Å². The average molecular weight is 813 g/mol. The van der Waals surface area contributed by atoms with Crippen molar-refractivity contribution in [2.24, 2.45) is 57.2 Å². The third-order valence-electron chi connectivity index (χ3n) is 18.9. The van der Waals surface area contributed by atoms with Gasteiger partial charge in [0.2, 0.25) is 0 Å². The van der Waals surface area contributed by atoms with Crippen LogP contribution >= 0.6 is 0 Å². The Labute approximate surface area is 357 Å². The number of hydrogen-bond donors (Lipinski definition) is 3. The molecule has 60 heavy (non-hydrogen) atoms. The van der Waals surface area contributed by atoms with Crippen molar-refractivity contribution in [2.45, 2.75) is 163 Å². The highest BCUT2D eigenvalue weighted by Crippen LogP contribution is 2.77. The Hall–Kier alpha value is -3.44. The molecule has 320 valence electrons. The number of benzene rings is 1. The molecule has 5 aliphatic carbocycles. The van der Waals surface area contributed by atoms with E-state index in [-0.39, 0.29) is 47.1 Å². The molecule has 12 unspecified atom stereocenters. The van der Waals surface area contributed by atoms with Crippen LogP contribution in [0.15, 0.2) is 41.6 Å². The lowest BCUT2D eigenvalue weighted by Gasteiger charge is -2.71. The average Bonchev–Trinajstić information content (AvgIpc) is 3.71. The molecule has 1 aromatic carbocycles. The Morgan fingerprint density at radius 1 is 1.02 bits per heavy atom. The predicted molar refractivity (Wildman–Crippen MR) is 235 cm³/mol. The second kappa shape index (κ2) is 13.5. The number of Topliss-reactive ketones (excluding diaryl/α,β-unsaturated/α-hetero) is 2. The quantitative estimate of drug-likeness (QED) is 0.163. The van der Waals surface area contributed by atoms with Gasteiger partial charge < -0.3 is 24.5 Å². The van der Waals surface area contributed by atoms with Crippen molar-refractivity contribution in [1.82, 2.24) is 9.55 Å². The summed E-state index contributed by atoms with van der Waals surface area (Å²) in [5.74, 6) is 7.72. The number of aliphatic hydroxyl groups excluding tert-OH is 2. The maximum absolute atomic E-state index is 15.0. The molecule has 0 radical (unpaired) electrons. The first kappa shape index (κ1) is 40.6. The molecule has 12 atom stereocenters. The Kier molecular flexibility index (Phi) is 9.16. The molecule has 7 aliphatic rings. The molecular formula is C53H68N2O5. The number of epoxide rings is 1. The fourth-order valence-corrected chi connectivity index (χ4v) is 16.0. The fraction of sp³-hybridized carbons (Fsp3) is 0.660. The Bertz CT molecular complexity index is 2380. The molecule has 0 spiro atoms. The van der Waals surface area contributed by atoms with Gasteiger partial charge in [0.1, 0.15) is 11.9 Å². The molecule has 1 saturated heterocycles. The van der Waals surface area contributed by atoms with E-state index in [1.807, 2.05) is 20.0 Å². The largest absolute Gasteiger partial charge is 0.392 e. The maximum Gasteiger partial charge on any atom is 0.160 e. The molecule has 4 saturated carbocycles. The van der Waals surface area contributed by atoms with Crippen LogP contribution in [0.2, 0.25) is 0 Å². The smallest absolute Gasteiger partial charge is 0.160 e. The number of carbonyl (C=O) groups is 2. The van der Waals surface area contributed by atoms with Gasteiger partial charge in [-0.15, -0.1) is 0 Å². The summed E-state index contributed by atoms with van der Waals surface area (Å²) in [6.45, 7) is 20.5. The molecule has 5 fully saturated rings. The number of nitrogens with zero attached hydrogens (tertiary/aromatic N) is 1. The highest BCUT2D eigenvalue weighted by Gasteiger charge is 2.74. The van der Waals surface area contributed by atoms with Crippen LogP contribution in [-0.2, 0) is 33.7 Å². The fourth-order valence-electron chi connectivity index (χ4n) is 16.0. The minimum Gasteiger partial charge on any atom is -0.392 e. The SMILES string of the molecule is Cc1cc(C)cc(Cc2c3n(c4cc[nH]c24)CC2C4=C(C(C)CC(O)C5OC5(C)C)C(=O)CC4(C)C4(C)CCC5C(C)(C6CCCC6)C(=O)CC(C#CC3)C5(C)C4C2O)c1. The van der Waals surface area contributed by atoms with Crippen molar-refractivity contribution in [3.05, 3.63) is 69.6 Å². The number of ether oxygens (including phenoxy) is 1. The minimum absolute atomic E-state index is 0.0971. The summed E-state index contributed by atoms with van der Waals surface area (Å²) in [5, 5.41) is 25.3. The summed E-state index contributed by atoms with van der Waals surface area (Å²) in [7, 11) is 0. The van der Waals surface area contributed by atoms with E-state index in [1.165, 1.54) is 35.1 Å². The number of rotatable bonds is 7. The van der Waals surface area contributed by atoms with Gasteiger partial charge in [-0.05, 0) is 117 Å². The number of carbonyl (C=O) groups excluding carboxylic acids is 2. The third-order valence-corrected chi connectivity index (χ3v) is 18.9. The van der Waals surface area contributed by atoms with Gasteiger partial charge >= 0.3 is 0 Å². The van der Waals surface area contributed by atoms with Gasteiger partial charge in [0.25, 0.3) is 0 Å². The number of aromatic nitrogens is 2. The van der Waals surface area contributed by atoms with Crippen molar-refractivity contribution in [2.75, 3.05) is 0 Å². The molecule has 2 bridgehead atoms. The standard InChI is InChI=1S/C53H68N2O5/c1-29-21-30(2)23-32(22-29)25-35-37-16-12-15-34-26-42(58)52(8,33-13-10-11-14-33)41-17-19-50(6)47(53(34,41)9)46(59)36(28-55(37)38-18-20-54-45(35)38)44-43(40(57)27-51(44,50)7)31(3)24-39(56)48-49(4,5)60-48/h18,20-23,31,33-34,36,39,41,46-48,54,56,59H,10-11,13-14,16-17,19,24-28H2,1-9H3. The van der Waals surface area contributed by atoms with Crippen molar-refractivity contribution < 1.29 is 24.5 Å². The summed E-state index contributed by atoms with van der Waals surface area (Å²) in [6.07, 6.45) is 9.20. The number of ketones is 2. The lowest BCUT2D eigenvalue weighted by atomic mass is 9.32. The number of hydrogen-bond acceptors (Lipinski definition) is 5. The van der Waals surface area contributed by atoms with E-state index in [0.29, 0.717) is 43.9 Å². The van der Waals surface area contributed by atoms with E-state index in [0.717, 1.165) is 60.0 Å². The van der Waals surface area contributed by atoms with Gasteiger partial charge in [-0.2, -0.15) is 0 Å². The number of allylic oxidation sites excluding steroid dienone is 1. The van der Waals surface area contributed by atoms with Crippen molar-refractivity contribution in [1.29, 1.82) is 0 Å². The van der Waals surface area contributed by atoms with Crippen LogP contribution in [0.25, 0.3) is 11.0 Å². The molecule has 3 aromatic rings. The van der Waals surface area contributed by atoms with Crippen LogP contribution in [0.4, 0.5) is 0 Å². The number of H-pyrrole nitrogens is 1. The zero-order valence-electron chi connectivity index (χ0n) is 37.6. The molecule has 0 amide bonds. The summed E-state index contributed by atoms with van der Waals surface area (Å²) in [4.78, 5) is 33.5. The van der Waals surface area contributed by atoms with Crippen molar-refractivity contribution in [3.63, 3.8) is 0 Å². The number of aryl methyl sites for hydroxylation is 2. The Balaban J connectivity index is 1.19. The number of nitrogens with one attached hydrogen (secondary N) is 1. The number of aromatic amines is 1. The van der Waals surface area contributed by atoms with Crippen LogP contribution in [0.3, 0.4) is 0 Å². The monoisotopic (exact) mass is 813 g/mol. The van der Waals surface area contributed by atoms with E-state index < -0.39 is 33.9 Å². The second-order valence-corrected chi connectivity index (χ2v) is 22.4. The topological polar surface area (TPSA) is 108 Å². The van der Waals surface area contributed by atoms with E-state index in [4.69, 9.17) is 4.74 Å². The van der Waals surface area contributed by atoms with Gasteiger partial charge in [0, 0.05) is 72.3 Å². The van der Waals surface area contributed by atoms with Crippen molar-refractivity contribution in [3.8, 4) is 11.8 Å². The normalized spacial score (nSPS) is 39.2. The molecule has 7 nitrogen and oxygen atoms in total. The zero-order chi connectivity index (χ0) is 42.5. The minimum atomic E-state index is -0.759. The maximum atomic E-state index is 15.0. The van der Waals surface area contributed by atoms with Crippen LogP contribution in [0.5, 0.6) is 0 Å². The summed E-state index contributed by atoms with van der Waals surface area (Å²) < 4.78 is 8.35. The van der Waals surface area contributed by atoms with Gasteiger partial charge in [-0.25, -0.2) is 0 Å². The highest BCUT2D eigenvalue weighted by molar-refractivity contribution is 6.01. The number of aliphatic hydroxyl groups is 2. The first-order valence-corrected chi connectivity index (χ1v) is 23.4. The van der Waals surface area contributed by atoms with Gasteiger partial charge in [-0.1, -0.05) is 88.6 Å². The summed E-state index contributed by atoms with van der Waals surface area (Å²) in [5.41, 5.74) is 8.07. The van der Waals surface area contributed by atoms with Crippen molar-refractivity contribution >= 4 is 22.6 Å². The lowest BCUT2D eigenvalue weighted by molar-refractivity contribution is -0.236. The van der Waals surface area contributed by atoms with Gasteiger partial charge in [0.15, 0.2) is 5.78 Å². The van der Waals surface area contributed by atoms with E-state index in [1.54, 1.807) is 0 Å². The summed E-state index contributed by atoms with van der Waals surface area (Å²) in [6, 6.07) is 8.96. The molecule has 2 aromatic heterocycles. The third kappa shape index (κ3) is 5.51. The Morgan fingerprint density at radius 3 is 2.40 bits per heavy atom. The molecule has 2 aliphatic heterocycles. The molecule has 10 rings (SSSR count). The Morgan fingerprint density at radius 2 is 1.72 bits per heavy atom. The van der Waals surface area contributed by atoms with Crippen LogP contribution < -0.4 is 0 Å². The van der Waals surface area contributed by atoms with E-state index >= 15 is 0 Å². The zero-order valence-corrected chi connectivity index (χ0v) is 37.6. The van der Waals surface area contributed by atoms with Crippen LogP contribution in [-0.4, -0.2) is 55.2 Å². The molecule has 7 heteroatoms. The number of fused-ring (bicyclic) bond motifs is 7.